The third-order valence-corrected chi connectivity index (χ3v) is 3.51. The van der Waals surface area contributed by atoms with E-state index in [1.54, 1.807) is 6.07 Å². The molecule has 1 unspecified atom stereocenters. The van der Waals surface area contributed by atoms with Crippen LogP contribution in [0.3, 0.4) is 0 Å². The fourth-order valence-electron chi connectivity index (χ4n) is 1.76. The molecule has 19 heavy (non-hydrogen) atoms. The van der Waals surface area contributed by atoms with Crippen molar-refractivity contribution in [3.8, 4) is 17.2 Å². The number of nitrogens with one attached hydrogen (secondary N) is 1. The summed E-state index contributed by atoms with van der Waals surface area (Å²) in [5, 5.41) is 31.5. The molecule has 0 saturated carbocycles. The average Bonchev–Trinajstić information content (AvgIpc) is 2.41. The van der Waals surface area contributed by atoms with Gasteiger partial charge >= 0.3 is 0 Å². The van der Waals surface area contributed by atoms with Gasteiger partial charge in [-0.05, 0) is 26.5 Å². The Morgan fingerprint density at radius 1 is 1.21 bits per heavy atom. The van der Waals surface area contributed by atoms with E-state index < -0.39 is 5.75 Å². The molecule has 1 aromatic carbocycles. The summed E-state index contributed by atoms with van der Waals surface area (Å²) in [4.78, 5) is 2.27. The zero-order valence-electron chi connectivity index (χ0n) is 11.8. The molecule has 1 aromatic rings. The van der Waals surface area contributed by atoms with E-state index in [-0.39, 0.29) is 11.5 Å². The van der Waals surface area contributed by atoms with Crippen LogP contribution in [0.15, 0.2) is 12.1 Å². The number of phenols is 3. The highest BCUT2D eigenvalue weighted by atomic mass is 16.3. The van der Waals surface area contributed by atoms with Gasteiger partial charge in [0, 0.05) is 31.2 Å². The summed E-state index contributed by atoms with van der Waals surface area (Å²) >= 11 is 0. The third-order valence-electron chi connectivity index (χ3n) is 3.51. The zero-order chi connectivity index (χ0) is 14.4. The van der Waals surface area contributed by atoms with Crippen LogP contribution < -0.4 is 5.32 Å². The second-order valence-electron chi connectivity index (χ2n) is 4.86. The van der Waals surface area contributed by atoms with E-state index in [1.807, 2.05) is 0 Å². The van der Waals surface area contributed by atoms with E-state index in [0.717, 1.165) is 19.5 Å². The summed E-state index contributed by atoms with van der Waals surface area (Å²) < 4.78 is 0. The molecule has 5 heteroatoms. The van der Waals surface area contributed by atoms with Gasteiger partial charge in [-0.15, -0.1) is 0 Å². The summed E-state index contributed by atoms with van der Waals surface area (Å²) in [7, 11) is 2.08. The van der Waals surface area contributed by atoms with Gasteiger partial charge in [-0.2, -0.15) is 0 Å². The van der Waals surface area contributed by atoms with Gasteiger partial charge < -0.3 is 25.5 Å². The molecule has 0 bridgehead atoms. The SMILES string of the molecule is CCC(C)N(C)CCNCc1ccc(O)c(O)c1O. The lowest BCUT2D eigenvalue weighted by atomic mass is 10.1. The number of aromatic hydroxyl groups is 3. The molecule has 0 aromatic heterocycles. The highest BCUT2D eigenvalue weighted by Crippen LogP contribution is 2.36. The lowest BCUT2D eigenvalue weighted by Crippen LogP contribution is -2.34. The standard InChI is InChI=1S/C14H24N2O3/c1-4-10(2)16(3)8-7-15-9-11-5-6-12(17)14(19)13(11)18/h5-6,10,15,17-19H,4,7-9H2,1-3H3. The maximum absolute atomic E-state index is 9.65. The van der Waals surface area contributed by atoms with Crippen molar-refractivity contribution in [3.63, 3.8) is 0 Å². The Kier molecular flexibility index (Phi) is 5.92. The summed E-state index contributed by atoms with van der Waals surface area (Å²) in [6, 6.07) is 3.51. The van der Waals surface area contributed by atoms with Gasteiger partial charge in [0.1, 0.15) is 0 Å². The molecule has 4 N–H and O–H groups in total. The van der Waals surface area contributed by atoms with Gasteiger partial charge in [-0.25, -0.2) is 0 Å². The Labute approximate surface area is 114 Å². The van der Waals surface area contributed by atoms with Crippen molar-refractivity contribution in [2.24, 2.45) is 0 Å². The van der Waals surface area contributed by atoms with E-state index in [4.69, 9.17) is 0 Å². The van der Waals surface area contributed by atoms with Crippen molar-refractivity contribution >= 4 is 0 Å². The minimum absolute atomic E-state index is 0.261. The first-order valence-electron chi connectivity index (χ1n) is 6.61. The fraction of sp³-hybridized carbons (Fsp3) is 0.571. The molecular formula is C14H24N2O3. The van der Waals surface area contributed by atoms with E-state index in [1.165, 1.54) is 6.07 Å². The molecule has 1 atom stereocenters. The Morgan fingerprint density at radius 3 is 2.53 bits per heavy atom. The van der Waals surface area contributed by atoms with Crippen LogP contribution in [-0.4, -0.2) is 46.4 Å². The first-order valence-corrected chi connectivity index (χ1v) is 6.61. The normalized spacial score (nSPS) is 12.8. The molecule has 0 aliphatic heterocycles. The second-order valence-corrected chi connectivity index (χ2v) is 4.86. The van der Waals surface area contributed by atoms with Crippen molar-refractivity contribution in [2.75, 3.05) is 20.1 Å². The summed E-state index contributed by atoms with van der Waals surface area (Å²) in [6.45, 7) is 6.51. The van der Waals surface area contributed by atoms with Gasteiger partial charge in [-0.3, -0.25) is 0 Å². The number of phenolic OH excluding ortho intramolecular Hbond substituents is 3. The lowest BCUT2D eigenvalue weighted by Gasteiger charge is -2.23. The van der Waals surface area contributed by atoms with E-state index in [2.05, 4.69) is 31.1 Å². The topological polar surface area (TPSA) is 76.0 Å². The monoisotopic (exact) mass is 268 g/mol. The molecule has 0 aliphatic rings. The summed E-state index contributed by atoms with van der Waals surface area (Å²) in [5.74, 6) is -1.03. The van der Waals surface area contributed by atoms with Crippen molar-refractivity contribution in [1.29, 1.82) is 0 Å². The zero-order valence-corrected chi connectivity index (χ0v) is 11.8. The van der Waals surface area contributed by atoms with Crippen LogP contribution in [0.2, 0.25) is 0 Å². The Morgan fingerprint density at radius 2 is 1.89 bits per heavy atom. The van der Waals surface area contributed by atoms with E-state index in [9.17, 15) is 15.3 Å². The minimum atomic E-state index is -0.462. The predicted octanol–water partition coefficient (Wildman–Crippen LogP) is 1.62. The molecule has 0 amide bonds. The van der Waals surface area contributed by atoms with Crippen LogP contribution in [0.1, 0.15) is 25.8 Å². The molecule has 108 valence electrons. The van der Waals surface area contributed by atoms with Crippen molar-refractivity contribution in [2.45, 2.75) is 32.9 Å². The van der Waals surface area contributed by atoms with Gasteiger partial charge in [0.05, 0.1) is 0 Å². The van der Waals surface area contributed by atoms with Crippen molar-refractivity contribution < 1.29 is 15.3 Å². The fourth-order valence-corrected chi connectivity index (χ4v) is 1.76. The average molecular weight is 268 g/mol. The molecule has 0 saturated heterocycles. The predicted molar refractivity (Wildman–Crippen MR) is 75.5 cm³/mol. The van der Waals surface area contributed by atoms with Crippen LogP contribution >= 0.6 is 0 Å². The van der Waals surface area contributed by atoms with Crippen molar-refractivity contribution in [1.82, 2.24) is 10.2 Å². The highest BCUT2D eigenvalue weighted by Gasteiger charge is 2.10. The smallest absolute Gasteiger partial charge is 0.200 e. The molecule has 0 fully saturated rings. The summed E-state index contributed by atoms with van der Waals surface area (Å²) in [5.41, 5.74) is 0.571. The van der Waals surface area contributed by atoms with Crippen LogP contribution in [0.4, 0.5) is 0 Å². The molecule has 1 rings (SSSR count). The molecular weight excluding hydrogens is 244 g/mol. The number of likely N-dealkylation sites (N-methyl/N-ethyl adjacent to an activating group) is 1. The largest absolute Gasteiger partial charge is 0.504 e. The highest BCUT2D eigenvalue weighted by molar-refractivity contribution is 5.52. The number of nitrogens with zero attached hydrogens (tertiary/aromatic N) is 1. The van der Waals surface area contributed by atoms with Gasteiger partial charge in [-0.1, -0.05) is 13.0 Å². The molecule has 0 radical (unpaired) electrons. The van der Waals surface area contributed by atoms with Gasteiger partial charge in [0.15, 0.2) is 11.5 Å². The minimum Gasteiger partial charge on any atom is -0.504 e. The Balaban J connectivity index is 2.40. The van der Waals surface area contributed by atoms with Crippen LogP contribution in [0.5, 0.6) is 17.2 Å². The first kappa shape index (κ1) is 15.6. The number of rotatable bonds is 7. The van der Waals surface area contributed by atoms with E-state index in [0.29, 0.717) is 18.2 Å². The maximum atomic E-state index is 9.65. The molecule has 0 spiro atoms. The van der Waals surface area contributed by atoms with Crippen LogP contribution in [0, 0.1) is 0 Å². The number of hydrogen-bond acceptors (Lipinski definition) is 5. The second kappa shape index (κ2) is 7.21. The first-order chi connectivity index (χ1) is 8.97. The number of hydrogen-bond donors (Lipinski definition) is 4. The third kappa shape index (κ3) is 4.29. The molecule has 0 heterocycles. The van der Waals surface area contributed by atoms with E-state index >= 15 is 0 Å². The lowest BCUT2D eigenvalue weighted by molar-refractivity contribution is 0.251. The Bertz CT molecular complexity index is 410. The summed E-state index contributed by atoms with van der Waals surface area (Å²) in [6.07, 6.45) is 1.11. The van der Waals surface area contributed by atoms with Crippen molar-refractivity contribution in [3.05, 3.63) is 17.7 Å². The number of benzene rings is 1. The van der Waals surface area contributed by atoms with Gasteiger partial charge in [0.25, 0.3) is 0 Å². The Hall–Kier alpha value is -1.46. The molecule has 5 nitrogen and oxygen atoms in total. The van der Waals surface area contributed by atoms with Crippen LogP contribution in [-0.2, 0) is 6.54 Å². The molecule has 0 aliphatic carbocycles. The van der Waals surface area contributed by atoms with Crippen LogP contribution in [0.25, 0.3) is 0 Å². The quantitative estimate of drug-likeness (QED) is 0.446. The van der Waals surface area contributed by atoms with Gasteiger partial charge in [0.2, 0.25) is 5.75 Å². The maximum Gasteiger partial charge on any atom is 0.200 e.